The van der Waals surface area contributed by atoms with Crippen LogP contribution in [0.5, 0.6) is 0 Å². The summed E-state index contributed by atoms with van der Waals surface area (Å²) >= 11 is 0. The summed E-state index contributed by atoms with van der Waals surface area (Å²) in [6.07, 6.45) is 2.49. The highest BCUT2D eigenvalue weighted by molar-refractivity contribution is 5.96. The number of amides is 1. The van der Waals surface area contributed by atoms with E-state index in [1.54, 1.807) is 0 Å². The molecule has 13 heavy (non-hydrogen) atoms. The molecule has 0 heterocycles. The van der Waals surface area contributed by atoms with E-state index in [9.17, 15) is 4.79 Å². The zero-order valence-corrected chi connectivity index (χ0v) is 7.66. The van der Waals surface area contributed by atoms with Crippen molar-refractivity contribution >= 4 is 12.0 Å². The number of carbonyl (C=O) groups is 1. The van der Waals surface area contributed by atoms with Crippen molar-refractivity contribution in [1.82, 2.24) is 0 Å². The van der Waals surface area contributed by atoms with E-state index >= 15 is 0 Å². The van der Waals surface area contributed by atoms with Gasteiger partial charge in [0.2, 0.25) is 5.91 Å². The molecule has 2 heteroatoms. The van der Waals surface area contributed by atoms with Gasteiger partial charge in [0.15, 0.2) is 0 Å². The van der Waals surface area contributed by atoms with Gasteiger partial charge in [0, 0.05) is 5.57 Å². The molecule has 0 unspecified atom stereocenters. The van der Waals surface area contributed by atoms with Gasteiger partial charge in [0.05, 0.1) is 0 Å². The number of rotatable bonds is 3. The fraction of sp³-hybridized carbons (Fsp3) is 0.182. The third-order valence-corrected chi connectivity index (χ3v) is 1.84. The molecule has 1 amide bonds. The highest BCUT2D eigenvalue weighted by Gasteiger charge is 2.00. The Morgan fingerprint density at radius 1 is 1.38 bits per heavy atom. The molecule has 0 spiro atoms. The van der Waals surface area contributed by atoms with Crippen LogP contribution in [0.4, 0.5) is 0 Å². The topological polar surface area (TPSA) is 43.1 Å². The largest absolute Gasteiger partial charge is 0.366 e. The van der Waals surface area contributed by atoms with E-state index in [1.165, 1.54) is 0 Å². The first-order valence-corrected chi connectivity index (χ1v) is 4.29. The van der Waals surface area contributed by atoms with E-state index in [1.807, 2.05) is 43.3 Å². The number of carbonyl (C=O) groups excluding carboxylic acids is 1. The lowest BCUT2D eigenvalue weighted by molar-refractivity contribution is -0.114. The molecule has 2 nitrogen and oxygen atoms in total. The number of hydrogen-bond donors (Lipinski definition) is 1. The van der Waals surface area contributed by atoms with Gasteiger partial charge in [-0.15, -0.1) is 0 Å². The summed E-state index contributed by atoms with van der Waals surface area (Å²) in [5, 5.41) is 0. The Balaban J connectivity index is 2.92. The highest BCUT2D eigenvalue weighted by atomic mass is 16.1. The summed E-state index contributed by atoms with van der Waals surface area (Å²) in [6, 6.07) is 9.69. The Labute approximate surface area is 78.1 Å². The predicted molar refractivity (Wildman–Crippen MR) is 53.9 cm³/mol. The maximum atomic E-state index is 10.9. The van der Waals surface area contributed by atoms with E-state index in [2.05, 4.69) is 0 Å². The SMILES string of the molecule is CCC(=Cc1ccccc1)C(N)=O. The quantitative estimate of drug-likeness (QED) is 0.701. The van der Waals surface area contributed by atoms with Gasteiger partial charge in [-0.2, -0.15) is 0 Å². The summed E-state index contributed by atoms with van der Waals surface area (Å²) in [5.41, 5.74) is 6.86. The monoisotopic (exact) mass is 175 g/mol. The number of hydrogen-bond acceptors (Lipinski definition) is 1. The lowest BCUT2D eigenvalue weighted by Crippen LogP contribution is -2.12. The zero-order chi connectivity index (χ0) is 9.68. The first-order valence-electron chi connectivity index (χ1n) is 4.29. The van der Waals surface area contributed by atoms with Crippen molar-refractivity contribution < 1.29 is 4.79 Å². The Morgan fingerprint density at radius 3 is 2.46 bits per heavy atom. The van der Waals surface area contributed by atoms with Crippen molar-refractivity contribution in [1.29, 1.82) is 0 Å². The minimum Gasteiger partial charge on any atom is -0.366 e. The minimum atomic E-state index is -0.341. The van der Waals surface area contributed by atoms with Crippen LogP contribution in [-0.2, 0) is 4.79 Å². The van der Waals surface area contributed by atoms with Gasteiger partial charge >= 0.3 is 0 Å². The molecule has 0 fully saturated rings. The van der Waals surface area contributed by atoms with Crippen molar-refractivity contribution in [3.63, 3.8) is 0 Å². The van der Waals surface area contributed by atoms with Crippen LogP contribution in [0.1, 0.15) is 18.9 Å². The summed E-state index contributed by atoms with van der Waals surface area (Å²) in [6.45, 7) is 1.92. The molecule has 0 aliphatic heterocycles. The Morgan fingerprint density at radius 2 is 2.00 bits per heavy atom. The smallest absolute Gasteiger partial charge is 0.244 e. The van der Waals surface area contributed by atoms with Crippen LogP contribution in [0.3, 0.4) is 0 Å². The molecule has 0 bridgehead atoms. The van der Waals surface area contributed by atoms with Crippen molar-refractivity contribution in [3.05, 3.63) is 41.5 Å². The Bertz CT molecular complexity index is 314. The fourth-order valence-corrected chi connectivity index (χ4v) is 1.10. The Kier molecular flexibility index (Phi) is 3.26. The first-order chi connectivity index (χ1) is 6.24. The van der Waals surface area contributed by atoms with Gasteiger partial charge in [-0.3, -0.25) is 4.79 Å². The summed E-state index contributed by atoms with van der Waals surface area (Å²) in [4.78, 5) is 10.9. The predicted octanol–water partition coefficient (Wildman–Crippen LogP) is 1.97. The first kappa shape index (κ1) is 9.52. The molecular weight excluding hydrogens is 162 g/mol. The molecule has 1 rings (SSSR count). The maximum absolute atomic E-state index is 10.9. The van der Waals surface area contributed by atoms with Crippen LogP contribution in [0.25, 0.3) is 6.08 Å². The van der Waals surface area contributed by atoms with Gasteiger partial charge in [0.1, 0.15) is 0 Å². The van der Waals surface area contributed by atoms with E-state index in [4.69, 9.17) is 5.73 Å². The van der Waals surface area contributed by atoms with Gasteiger partial charge in [-0.25, -0.2) is 0 Å². The van der Waals surface area contributed by atoms with Crippen molar-refractivity contribution in [2.75, 3.05) is 0 Å². The van der Waals surface area contributed by atoms with Crippen molar-refractivity contribution in [2.24, 2.45) is 5.73 Å². The van der Waals surface area contributed by atoms with Gasteiger partial charge in [-0.05, 0) is 18.1 Å². The lowest BCUT2D eigenvalue weighted by Gasteiger charge is -1.98. The third-order valence-electron chi connectivity index (χ3n) is 1.84. The molecule has 68 valence electrons. The highest BCUT2D eigenvalue weighted by Crippen LogP contribution is 2.08. The number of nitrogens with two attached hydrogens (primary N) is 1. The van der Waals surface area contributed by atoms with E-state index in [-0.39, 0.29) is 5.91 Å². The summed E-state index contributed by atoms with van der Waals surface area (Å²) < 4.78 is 0. The van der Waals surface area contributed by atoms with Crippen LogP contribution < -0.4 is 5.73 Å². The zero-order valence-electron chi connectivity index (χ0n) is 7.66. The fourth-order valence-electron chi connectivity index (χ4n) is 1.10. The molecule has 0 aliphatic carbocycles. The molecule has 0 aliphatic rings. The second-order valence-corrected chi connectivity index (χ2v) is 2.80. The van der Waals surface area contributed by atoms with Crippen LogP contribution in [0.15, 0.2) is 35.9 Å². The average Bonchev–Trinajstić information content (AvgIpc) is 2.15. The van der Waals surface area contributed by atoms with Crippen molar-refractivity contribution in [2.45, 2.75) is 13.3 Å². The molecule has 0 radical (unpaired) electrons. The molecule has 2 N–H and O–H groups in total. The molecule has 0 saturated heterocycles. The molecular formula is C11H13NO. The normalized spacial score (nSPS) is 11.3. The molecule has 0 aromatic heterocycles. The molecule has 0 saturated carbocycles. The van der Waals surface area contributed by atoms with E-state index < -0.39 is 0 Å². The van der Waals surface area contributed by atoms with E-state index in [0.717, 1.165) is 5.56 Å². The minimum absolute atomic E-state index is 0.341. The number of primary amides is 1. The van der Waals surface area contributed by atoms with Gasteiger partial charge in [-0.1, -0.05) is 37.3 Å². The van der Waals surface area contributed by atoms with Gasteiger partial charge < -0.3 is 5.73 Å². The standard InChI is InChI=1S/C11H13NO/c1-2-10(11(12)13)8-9-6-4-3-5-7-9/h3-8H,2H2,1H3,(H2,12,13). The van der Waals surface area contributed by atoms with E-state index in [0.29, 0.717) is 12.0 Å². The lowest BCUT2D eigenvalue weighted by atomic mass is 10.1. The molecule has 1 aromatic carbocycles. The second kappa shape index (κ2) is 4.45. The summed E-state index contributed by atoms with van der Waals surface area (Å²) in [5.74, 6) is -0.341. The van der Waals surface area contributed by atoms with Crippen LogP contribution >= 0.6 is 0 Å². The van der Waals surface area contributed by atoms with Crippen LogP contribution in [0.2, 0.25) is 0 Å². The van der Waals surface area contributed by atoms with Crippen molar-refractivity contribution in [3.8, 4) is 0 Å². The molecule has 0 atom stereocenters. The average molecular weight is 175 g/mol. The second-order valence-electron chi connectivity index (χ2n) is 2.80. The number of benzene rings is 1. The van der Waals surface area contributed by atoms with Crippen LogP contribution in [0, 0.1) is 0 Å². The van der Waals surface area contributed by atoms with Gasteiger partial charge in [0.25, 0.3) is 0 Å². The summed E-state index contributed by atoms with van der Waals surface area (Å²) in [7, 11) is 0. The third kappa shape index (κ3) is 2.75. The van der Waals surface area contributed by atoms with Crippen LogP contribution in [-0.4, -0.2) is 5.91 Å². The molecule has 1 aromatic rings. The maximum Gasteiger partial charge on any atom is 0.244 e. The Hall–Kier alpha value is -1.57.